The number of ether oxygens (including phenoxy) is 3. The third-order valence-corrected chi connectivity index (χ3v) is 11.5. The Morgan fingerprint density at radius 2 is 1.60 bits per heavy atom. The van der Waals surface area contributed by atoms with Gasteiger partial charge in [0.2, 0.25) is 0 Å². The average molecular weight is 604 g/mol. The van der Waals surface area contributed by atoms with Crippen LogP contribution < -0.4 is 10.6 Å². The van der Waals surface area contributed by atoms with E-state index in [1.165, 1.54) is 19.3 Å². The Morgan fingerprint density at radius 3 is 2.35 bits per heavy atom. The van der Waals surface area contributed by atoms with E-state index in [0.29, 0.717) is 38.1 Å². The molecule has 0 bridgehead atoms. The van der Waals surface area contributed by atoms with Crippen LogP contribution in [0.5, 0.6) is 0 Å². The maximum Gasteiger partial charge on any atom is 0.256 e. The summed E-state index contributed by atoms with van der Waals surface area (Å²) in [6.07, 6.45) is 7.36. The Morgan fingerprint density at radius 1 is 0.907 bits per heavy atom. The molecule has 7 aliphatic rings. The average Bonchev–Trinajstić information content (AvgIpc) is 3.04. The van der Waals surface area contributed by atoms with Crippen LogP contribution >= 0.6 is 0 Å². The molecule has 3 aliphatic carbocycles. The van der Waals surface area contributed by atoms with E-state index in [0.717, 1.165) is 71.7 Å². The lowest BCUT2D eigenvalue weighted by atomic mass is 9.64. The Labute approximate surface area is 255 Å². The zero-order valence-electron chi connectivity index (χ0n) is 25.5. The number of halogens is 1. The molecule has 9 unspecified atom stereocenters. The lowest BCUT2D eigenvalue weighted by Gasteiger charge is -2.61. The molecule has 9 atom stereocenters. The third kappa shape index (κ3) is 6.14. The smallest absolute Gasteiger partial charge is 0.256 e. The lowest BCUT2D eigenvalue weighted by Crippen LogP contribution is -2.74. The quantitative estimate of drug-likeness (QED) is 0.394. The van der Waals surface area contributed by atoms with Crippen molar-refractivity contribution in [3.05, 3.63) is 11.8 Å². The van der Waals surface area contributed by atoms with Crippen LogP contribution in [-0.4, -0.2) is 142 Å². The van der Waals surface area contributed by atoms with Gasteiger partial charge in [-0.05, 0) is 37.5 Å². The van der Waals surface area contributed by atoms with Crippen molar-refractivity contribution in [3.8, 4) is 0 Å². The van der Waals surface area contributed by atoms with Gasteiger partial charge in [0.15, 0.2) is 5.78 Å². The molecule has 0 aromatic rings. The van der Waals surface area contributed by atoms with Gasteiger partial charge in [0.05, 0.1) is 62.3 Å². The van der Waals surface area contributed by atoms with Crippen molar-refractivity contribution in [1.82, 2.24) is 25.3 Å². The van der Waals surface area contributed by atoms with Crippen LogP contribution in [0.25, 0.3) is 0 Å². The number of alkyl halides is 1. The number of hydrogen-bond acceptors (Lipinski definition) is 9. The Bertz CT molecular complexity index is 1040. The van der Waals surface area contributed by atoms with E-state index in [-0.39, 0.29) is 41.9 Å². The molecule has 11 heteroatoms. The molecule has 10 nitrogen and oxygen atoms in total. The van der Waals surface area contributed by atoms with Gasteiger partial charge in [-0.3, -0.25) is 19.4 Å². The van der Waals surface area contributed by atoms with Gasteiger partial charge in [-0.15, -0.1) is 0 Å². The second-order valence-electron chi connectivity index (χ2n) is 13.8. The van der Waals surface area contributed by atoms with Gasteiger partial charge in [0, 0.05) is 64.5 Å². The zero-order valence-corrected chi connectivity index (χ0v) is 25.5. The summed E-state index contributed by atoms with van der Waals surface area (Å²) in [6, 6.07) is -0.594. The summed E-state index contributed by atoms with van der Waals surface area (Å²) in [7, 11) is 0. The van der Waals surface area contributed by atoms with Crippen LogP contribution in [0.2, 0.25) is 0 Å². The minimum atomic E-state index is -1.22. The summed E-state index contributed by atoms with van der Waals surface area (Å²) in [5.41, 5.74) is 0.194. The van der Waals surface area contributed by atoms with E-state index in [2.05, 4.69) is 25.3 Å². The van der Waals surface area contributed by atoms with Crippen molar-refractivity contribution in [2.75, 3.05) is 78.8 Å². The number of morpholine rings is 3. The highest BCUT2D eigenvalue weighted by Gasteiger charge is 2.60. The number of nitrogens with one attached hydrogen (secondary N) is 2. The molecule has 4 aliphatic heterocycles. The second-order valence-corrected chi connectivity index (χ2v) is 13.8. The molecule has 240 valence electrons. The molecule has 4 heterocycles. The van der Waals surface area contributed by atoms with Crippen LogP contribution in [0, 0.1) is 17.8 Å². The molecular weight excluding hydrogens is 553 g/mol. The number of ketones is 1. The van der Waals surface area contributed by atoms with Crippen molar-refractivity contribution in [2.24, 2.45) is 17.8 Å². The molecule has 0 spiro atoms. The molecule has 1 amide bonds. The van der Waals surface area contributed by atoms with Crippen LogP contribution in [-0.2, 0) is 23.8 Å². The first-order valence-electron chi connectivity index (χ1n) is 17.0. The number of Topliss-reactive ketones (excluding diaryl/α,β-unsaturated/α-hetero) is 1. The topological polar surface area (TPSA) is 95.6 Å². The van der Waals surface area contributed by atoms with Gasteiger partial charge in [-0.1, -0.05) is 19.3 Å². The summed E-state index contributed by atoms with van der Waals surface area (Å²) >= 11 is 0. The van der Waals surface area contributed by atoms with Crippen LogP contribution in [0.3, 0.4) is 0 Å². The fourth-order valence-electron chi connectivity index (χ4n) is 9.23. The van der Waals surface area contributed by atoms with E-state index in [9.17, 15) is 9.59 Å². The fraction of sp³-hybridized carbons (Fsp3) is 0.875. The van der Waals surface area contributed by atoms with Crippen molar-refractivity contribution in [2.45, 2.75) is 81.5 Å². The molecule has 2 N–H and O–H groups in total. The second kappa shape index (κ2) is 13.4. The van der Waals surface area contributed by atoms with Gasteiger partial charge in [-0.2, -0.15) is 0 Å². The highest BCUT2D eigenvalue weighted by molar-refractivity contribution is 6.20. The van der Waals surface area contributed by atoms with Crippen LogP contribution in [0.1, 0.15) is 44.9 Å². The molecule has 43 heavy (non-hydrogen) atoms. The predicted octanol–water partition coefficient (Wildman–Crippen LogP) is 0.957. The highest BCUT2D eigenvalue weighted by Crippen LogP contribution is 2.50. The molecule has 0 radical (unpaired) electrons. The van der Waals surface area contributed by atoms with Crippen LogP contribution in [0.4, 0.5) is 4.39 Å². The van der Waals surface area contributed by atoms with Crippen molar-refractivity contribution in [3.63, 3.8) is 0 Å². The normalized spacial score (nSPS) is 40.2. The molecule has 3 saturated carbocycles. The van der Waals surface area contributed by atoms with Gasteiger partial charge in [0.1, 0.15) is 6.17 Å². The minimum Gasteiger partial charge on any atom is -0.379 e. The number of hydrogen-bond donors (Lipinski definition) is 2. The van der Waals surface area contributed by atoms with Gasteiger partial charge < -0.3 is 29.7 Å². The first kappa shape index (κ1) is 30.0. The summed E-state index contributed by atoms with van der Waals surface area (Å²) in [5, 5.41) is 6.56. The van der Waals surface area contributed by atoms with Crippen molar-refractivity contribution < 1.29 is 28.2 Å². The summed E-state index contributed by atoms with van der Waals surface area (Å²) in [5.74, 6) is -0.0232. The Kier molecular flexibility index (Phi) is 9.35. The summed E-state index contributed by atoms with van der Waals surface area (Å²) in [6.45, 7) is 9.08. The molecule has 6 fully saturated rings. The number of amides is 1. The molecule has 3 saturated heterocycles. The number of carbonyl (C=O) groups excluding carboxylic acids is 2. The largest absolute Gasteiger partial charge is 0.379 e. The summed E-state index contributed by atoms with van der Waals surface area (Å²) in [4.78, 5) is 34.3. The fourth-order valence-corrected chi connectivity index (χ4v) is 9.23. The van der Waals surface area contributed by atoms with Crippen molar-refractivity contribution >= 4 is 11.7 Å². The van der Waals surface area contributed by atoms with E-state index < -0.39 is 24.2 Å². The monoisotopic (exact) mass is 603 g/mol. The summed E-state index contributed by atoms with van der Waals surface area (Å²) < 4.78 is 34.1. The third-order valence-electron chi connectivity index (χ3n) is 11.5. The maximum absolute atomic E-state index is 16.2. The lowest BCUT2D eigenvalue weighted by molar-refractivity contribution is -0.220. The van der Waals surface area contributed by atoms with E-state index in [1.807, 2.05) is 6.20 Å². The Hall–Kier alpha value is -1.63. The first-order valence-corrected chi connectivity index (χ1v) is 17.0. The number of fused-ring (bicyclic) bond motifs is 4. The molecule has 7 rings (SSSR count). The van der Waals surface area contributed by atoms with Gasteiger partial charge in [-0.25, -0.2) is 4.39 Å². The molecule has 0 aromatic heterocycles. The standard InChI is InChI=1S/C32H50FN5O5/c33-25-19-23-28-31(27(25)34-7-9-36-11-15-41-16-12-36)43-30-22-4-2-1-3-21(22)5-6-26(30)38(28)20-24(29(23)39)32(40)35-8-10-37-13-17-42-18-14-37/h20-23,25-28,30-31,34H,1-19H2,(H,35,40). The maximum atomic E-state index is 16.2. The number of nitrogens with zero attached hydrogens (tertiary/aromatic N) is 3. The highest BCUT2D eigenvalue weighted by atomic mass is 19.1. The van der Waals surface area contributed by atoms with Gasteiger partial charge >= 0.3 is 0 Å². The van der Waals surface area contributed by atoms with E-state index in [4.69, 9.17) is 14.2 Å². The van der Waals surface area contributed by atoms with Crippen molar-refractivity contribution in [1.29, 1.82) is 0 Å². The van der Waals surface area contributed by atoms with E-state index >= 15 is 4.39 Å². The zero-order chi connectivity index (χ0) is 29.3. The predicted molar refractivity (Wildman–Crippen MR) is 158 cm³/mol. The number of carbonyl (C=O) groups is 2. The van der Waals surface area contributed by atoms with E-state index in [1.54, 1.807) is 0 Å². The Balaban J connectivity index is 1.11. The van der Waals surface area contributed by atoms with Gasteiger partial charge in [0.25, 0.3) is 5.91 Å². The molecule has 0 aromatic carbocycles. The number of rotatable bonds is 8. The first-order chi connectivity index (χ1) is 21.1. The molecular formula is C32H50FN5O5. The SMILES string of the molecule is O=C(NCCN1CCOCC1)C1=CN2C3CCC4CCCCC4C3OC3C(NCCN4CCOCC4)C(F)CC(C1=O)C32. The van der Waals surface area contributed by atoms with Crippen LogP contribution in [0.15, 0.2) is 11.8 Å². The minimum absolute atomic E-state index is 0.00452.